The summed E-state index contributed by atoms with van der Waals surface area (Å²) in [5, 5.41) is 13.0. The lowest BCUT2D eigenvalue weighted by atomic mass is 9.94. The molecule has 11 aromatic rings. The van der Waals surface area contributed by atoms with E-state index in [-0.39, 0.29) is 0 Å². The van der Waals surface area contributed by atoms with Crippen LogP contribution in [0.1, 0.15) is 0 Å². The van der Waals surface area contributed by atoms with Crippen molar-refractivity contribution in [2.75, 3.05) is 4.90 Å². The van der Waals surface area contributed by atoms with Crippen LogP contribution >= 0.6 is 22.7 Å². The normalized spacial score (nSPS) is 11.9. The Labute approximate surface area is 302 Å². The molecule has 51 heavy (non-hydrogen) atoms. The number of rotatable bonds is 4. The molecule has 0 aliphatic heterocycles. The minimum absolute atomic E-state index is 1.14. The van der Waals surface area contributed by atoms with E-state index in [1.165, 1.54) is 83.8 Å². The summed E-state index contributed by atoms with van der Waals surface area (Å²) in [6, 6.07) is 65.1. The van der Waals surface area contributed by atoms with Crippen LogP contribution < -0.4 is 4.90 Å². The molecule has 0 N–H and O–H groups in total. The molecule has 0 unspecified atom stereocenters. The van der Waals surface area contributed by atoms with Crippen molar-refractivity contribution in [1.29, 1.82) is 0 Å². The van der Waals surface area contributed by atoms with Gasteiger partial charge in [0, 0.05) is 57.4 Å². The Hall–Kier alpha value is -6.00. The molecule has 0 bridgehead atoms. The van der Waals surface area contributed by atoms with Crippen LogP contribution in [0.3, 0.4) is 0 Å². The van der Waals surface area contributed by atoms with Crippen molar-refractivity contribution in [3.8, 4) is 11.1 Å². The van der Waals surface area contributed by atoms with Crippen molar-refractivity contribution in [1.82, 2.24) is 0 Å². The third-order valence-corrected chi connectivity index (χ3v) is 12.7. The summed E-state index contributed by atoms with van der Waals surface area (Å²) in [6.07, 6.45) is 0. The average molecular weight is 684 g/mol. The number of hydrogen-bond acceptors (Lipinski definition) is 3. The van der Waals surface area contributed by atoms with Crippen molar-refractivity contribution < 1.29 is 0 Å². The monoisotopic (exact) mass is 683 g/mol. The minimum atomic E-state index is 1.14. The third kappa shape index (κ3) is 4.59. The summed E-state index contributed by atoms with van der Waals surface area (Å²) >= 11 is 3.73. The van der Waals surface area contributed by atoms with E-state index in [0.29, 0.717) is 0 Å². The number of fused-ring (bicyclic) bond motifs is 11. The molecule has 0 atom stereocenters. The Morgan fingerprint density at radius 3 is 1.59 bits per heavy atom. The van der Waals surface area contributed by atoms with E-state index in [1.807, 2.05) is 22.7 Å². The Balaban J connectivity index is 1.05. The zero-order valence-electron chi connectivity index (χ0n) is 27.5. The number of nitrogens with zero attached hydrogens (tertiary/aromatic N) is 1. The fourth-order valence-electron chi connectivity index (χ4n) is 7.95. The molecule has 238 valence electrons. The Bertz CT molecular complexity index is 3150. The van der Waals surface area contributed by atoms with Crippen molar-refractivity contribution >= 4 is 112 Å². The zero-order chi connectivity index (χ0) is 33.5. The first-order chi connectivity index (χ1) is 25.2. The second kappa shape index (κ2) is 11.3. The first kappa shape index (κ1) is 28.8. The molecule has 2 heterocycles. The van der Waals surface area contributed by atoms with E-state index in [0.717, 1.165) is 17.1 Å². The Morgan fingerprint density at radius 1 is 0.275 bits per heavy atom. The molecule has 3 heteroatoms. The van der Waals surface area contributed by atoms with Gasteiger partial charge < -0.3 is 4.90 Å². The van der Waals surface area contributed by atoms with Gasteiger partial charge in [-0.2, -0.15) is 0 Å². The molecule has 2 aromatic heterocycles. The topological polar surface area (TPSA) is 3.24 Å². The molecular formula is C48H29NS2. The van der Waals surface area contributed by atoms with E-state index < -0.39 is 0 Å². The number of hydrogen-bond donors (Lipinski definition) is 0. The van der Waals surface area contributed by atoms with Gasteiger partial charge in [-0.05, 0) is 104 Å². The second-order valence-electron chi connectivity index (χ2n) is 13.3. The average Bonchev–Trinajstić information content (AvgIpc) is 3.75. The summed E-state index contributed by atoms with van der Waals surface area (Å²) in [5.74, 6) is 0. The summed E-state index contributed by atoms with van der Waals surface area (Å²) in [6.45, 7) is 0. The highest BCUT2D eigenvalue weighted by molar-refractivity contribution is 7.26. The van der Waals surface area contributed by atoms with Gasteiger partial charge in [-0.1, -0.05) is 115 Å². The van der Waals surface area contributed by atoms with Crippen molar-refractivity contribution in [3.63, 3.8) is 0 Å². The third-order valence-electron chi connectivity index (χ3n) is 10.4. The minimum Gasteiger partial charge on any atom is -0.310 e. The maximum atomic E-state index is 2.42. The molecule has 1 nitrogen and oxygen atoms in total. The van der Waals surface area contributed by atoms with Crippen molar-refractivity contribution in [2.45, 2.75) is 0 Å². The van der Waals surface area contributed by atoms with Crippen LogP contribution in [0.15, 0.2) is 176 Å². The molecule has 0 radical (unpaired) electrons. The smallest absolute Gasteiger partial charge is 0.0476 e. The Kier molecular flexibility index (Phi) is 6.36. The lowest BCUT2D eigenvalue weighted by molar-refractivity contribution is 1.30. The van der Waals surface area contributed by atoms with Gasteiger partial charge in [0.05, 0.1) is 0 Å². The first-order valence-corrected chi connectivity index (χ1v) is 19.0. The highest BCUT2D eigenvalue weighted by Crippen LogP contribution is 2.44. The highest BCUT2D eigenvalue weighted by Gasteiger charge is 2.17. The summed E-state index contributed by atoms with van der Waals surface area (Å²) in [7, 11) is 0. The lowest BCUT2D eigenvalue weighted by Gasteiger charge is -2.26. The van der Waals surface area contributed by atoms with Gasteiger partial charge in [0.15, 0.2) is 0 Å². The number of anilines is 3. The maximum Gasteiger partial charge on any atom is 0.0476 e. The summed E-state index contributed by atoms with van der Waals surface area (Å²) < 4.78 is 5.26. The van der Waals surface area contributed by atoms with Gasteiger partial charge in [-0.3, -0.25) is 0 Å². The molecule has 0 aliphatic rings. The molecule has 11 rings (SSSR count). The van der Waals surface area contributed by atoms with Crippen LogP contribution in [0.5, 0.6) is 0 Å². The van der Waals surface area contributed by atoms with Crippen LogP contribution in [0.25, 0.3) is 83.8 Å². The highest BCUT2D eigenvalue weighted by atomic mass is 32.1. The van der Waals surface area contributed by atoms with E-state index >= 15 is 0 Å². The van der Waals surface area contributed by atoms with Crippen LogP contribution in [0.4, 0.5) is 17.1 Å². The number of benzene rings is 9. The quantitative estimate of drug-likeness (QED) is 0.167. The largest absolute Gasteiger partial charge is 0.310 e. The standard InChI is InChI=1S/C48H29NS2/c1-2-8-37-31(7-1)17-24-39-38(37)23-18-32-13-14-33(27-43(32)39)30-15-19-34(20-16-30)49(35-22-26-47-44(28-35)41-10-4-6-12-46(41)50-47)36-21-25-42-40-9-3-5-11-45(40)51-48(42)29-36/h1-29H. The summed E-state index contributed by atoms with van der Waals surface area (Å²) in [4.78, 5) is 2.42. The predicted octanol–water partition coefficient (Wildman–Crippen LogP) is 15.0. The van der Waals surface area contributed by atoms with Gasteiger partial charge >= 0.3 is 0 Å². The molecule has 0 saturated heterocycles. The second-order valence-corrected chi connectivity index (χ2v) is 15.5. The molecular weight excluding hydrogens is 655 g/mol. The van der Waals surface area contributed by atoms with E-state index in [4.69, 9.17) is 0 Å². The van der Waals surface area contributed by atoms with E-state index in [9.17, 15) is 0 Å². The van der Waals surface area contributed by atoms with E-state index in [2.05, 4.69) is 181 Å². The van der Waals surface area contributed by atoms with Gasteiger partial charge in [-0.25, -0.2) is 0 Å². The van der Waals surface area contributed by atoms with Crippen LogP contribution in [-0.4, -0.2) is 0 Å². The maximum absolute atomic E-state index is 2.42. The van der Waals surface area contributed by atoms with Gasteiger partial charge in [0.2, 0.25) is 0 Å². The molecule has 0 amide bonds. The van der Waals surface area contributed by atoms with Crippen LogP contribution in [-0.2, 0) is 0 Å². The van der Waals surface area contributed by atoms with Crippen molar-refractivity contribution in [2.24, 2.45) is 0 Å². The first-order valence-electron chi connectivity index (χ1n) is 17.3. The molecule has 0 saturated carbocycles. The van der Waals surface area contributed by atoms with Gasteiger partial charge in [0.1, 0.15) is 0 Å². The SMILES string of the molecule is c1ccc2c(c1)ccc1c3cc(-c4ccc(N(c5ccc6c(c5)sc5ccccc56)c5ccc6sc7ccccc7c6c5)cc4)ccc3ccc21. The fraction of sp³-hybridized carbons (Fsp3) is 0. The Morgan fingerprint density at radius 2 is 0.784 bits per heavy atom. The predicted molar refractivity (Wildman–Crippen MR) is 225 cm³/mol. The van der Waals surface area contributed by atoms with Gasteiger partial charge in [-0.15, -0.1) is 22.7 Å². The molecule has 0 aliphatic carbocycles. The van der Waals surface area contributed by atoms with E-state index in [1.54, 1.807) is 0 Å². The summed E-state index contributed by atoms with van der Waals surface area (Å²) in [5.41, 5.74) is 5.88. The number of thiophene rings is 2. The van der Waals surface area contributed by atoms with Gasteiger partial charge in [0.25, 0.3) is 0 Å². The zero-order valence-corrected chi connectivity index (χ0v) is 29.1. The lowest BCUT2D eigenvalue weighted by Crippen LogP contribution is -2.09. The van der Waals surface area contributed by atoms with Crippen LogP contribution in [0.2, 0.25) is 0 Å². The molecule has 9 aromatic carbocycles. The van der Waals surface area contributed by atoms with Crippen LogP contribution in [0, 0.1) is 0 Å². The van der Waals surface area contributed by atoms with Crippen molar-refractivity contribution in [3.05, 3.63) is 176 Å². The molecule has 0 spiro atoms. The molecule has 0 fully saturated rings. The fourth-order valence-corrected chi connectivity index (χ4v) is 10.2.